The van der Waals surface area contributed by atoms with E-state index in [2.05, 4.69) is 15.5 Å². The molecule has 0 fully saturated rings. The van der Waals surface area contributed by atoms with Crippen LogP contribution in [0.15, 0.2) is 66.9 Å². The Morgan fingerprint density at radius 1 is 1.14 bits per heavy atom. The highest BCUT2D eigenvalue weighted by Gasteiger charge is 2.16. The molecule has 0 saturated heterocycles. The first-order chi connectivity index (χ1) is 14.0. The van der Waals surface area contributed by atoms with E-state index >= 15 is 0 Å². The molecule has 6 heteroatoms. The zero-order chi connectivity index (χ0) is 20.4. The van der Waals surface area contributed by atoms with E-state index in [9.17, 15) is 14.3 Å². The summed E-state index contributed by atoms with van der Waals surface area (Å²) in [6, 6.07) is 16.9. The van der Waals surface area contributed by atoms with Gasteiger partial charge in [-0.25, -0.2) is 4.39 Å². The topological polar surface area (TPSA) is 78.0 Å². The van der Waals surface area contributed by atoms with Crippen molar-refractivity contribution in [1.29, 1.82) is 0 Å². The van der Waals surface area contributed by atoms with Crippen molar-refractivity contribution in [2.24, 2.45) is 0 Å². The number of aryl methyl sites for hydroxylation is 1. The van der Waals surface area contributed by atoms with Crippen LogP contribution >= 0.6 is 0 Å². The van der Waals surface area contributed by atoms with E-state index in [-0.39, 0.29) is 12.5 Å². The third-order valence-electron chi connectivity index (χ3n) is 4.85. The van der Waals surface area contributed by atoms with Gasteiger partial charge in [-0.3, -0.25) is 9.89 Å². The second-order valence-electron chi connectivity index (χ2n) is 7.02. The number of amides is 1. The second-order valence-corrected chi connectivity index (χ2v) is 7.02. The van der Waals surface area contributed by atoms with Crippen LogP contribution in [-0.4, -0.2) is 27.8 Å². The zero-order valence-electron chi connectivity index (χ0n) is 15.8. The minimum absolute atomic E-state index is 0.328. The van der Waals surface area contributed by atoms with Crippen molar-refractivity contribution in [3.8, 4) is 11.1 Å². The number of aliphatic hydroxyl groups excluding tert-OH is 1. The third kappa shape index (κ3) is 4.02. The molecule has 5 nitrogen and oxygen atoms in total. The molecule has 1 amide bonds. The van der Waals surface area contributed by atoms with E-state index in [1.807, 2.05) is 30.3 Å². The first-order valence-corrected chi connectivity index (χ1v) is 9.26. The largest absolute Gasteiger partial charge is 0.394 e. The number of hydrogen-bond donors (Lipinski definition) is 3. The minimum atomic E-state index is -0.692. The Kier molecular flexibility index (Phi) is 5.10. The Labute approximate surface area is 167 Å². The van der Waals surface area contributed by atoms with Crippen LogP contribution in [0.25, 0.3) is 22.0 Å². The van der Waals surface area contributed by atoms with Crippen LogP contribution in [-0.2, 0) is 0 Å². The fraction of sp³-hybridized carbons (Fsp3) is 0.130. The summed E-state index contributed by atoms with van der Waals surface area (Å²) in [4.78, 5) is 12.8. The number of H-pyrrole nitrogens is 1. The number of fused-ring (bicyclic) bond motifs is 1. The van der Waals surface area contributed by atoms with Crippen molar-refractivity contribution in [2.45, 2.75) is 13.0 Å². The maximum Gasteiger partial charge on any atom is 0.251 e. The Balaban J connectivity index is 1.59. The number of carbonyl (C=O) groups is 1. The van der Waals surface area contributed by atoms with E-state index in [1.54, 1.807) is 31.3 Å². The third-order valence-corrected chi connectivity index (χ3v) is 4.85. The van der Waals surface area contributed by atoms with Crippen LogP contribution in [0.2, 0.25) is 0 Å². The lowest BCUT2D eigenvalue weighted by Crippen LogP contribution is -2.31. The molecule has 4 aromatic rings. The van der Waals surface area contributed by atoms with Gasteiger partial charge in [0.1, 0.15) is 5.82 Å². The molecular formula is C23H20FN3O2. The Morgan fingerprint density at radius 3 is 2.76 bits per heavy atom. The second kappa shape index (κ2) is 7.85. The number of halogens is 1. The lowest BCUT2D eigenvalue weighted by atomic mass is 10.0. The summed E-state index contributed by atoms with van der Waals surface area (Å²) in [6.45, 7) is 1.44. The lowest BCUT2D eigenvalue weighted by Gasteiger charge is -2.18. The first-order valence-electron chi connectivity index (χ1n) is 9.26. The molecule has 0 radical (unpaired) electrons. The molecule has 0 aliphatic heterocycles. The van der Waals surface area contributed by atoms with Crippen LogP contribution in [0.4, 0.5) is 4.39 Å². The van der Waals surface area contributed by atoms with Gasteiger partial charge in [0.25, 0.3) is 5.91 Å². The summed E-state index contributed by atoms with van der Waals surface area (Å²) >= 11 is 0. The number of carbonyl (C=O) groups excluding carboxylic acids is 1. The maximum absolute atomic E-state index is 13.7. The molecule has 1 atom stereocenters. The van der Waals surface area contributed by atoms with Gasteiger partial charge in [-0.1, -0.05) is 24.3 Å². The molecule has 1 unspecified atom stereocenters. The number of aromatic nitrogens is 2. The van der Waals surface area contributed by atoms with E-state index in [4.69, 9.17) is 0 Å². The van der Waals surface area contributed by atoms with E-state index < -0.39 is 11.9 Å². The summed E-state index contributed by atoms with van der Waals surface area (Å²) in [5.41, 5.74) is 4.51. The van der Waals surface area contributed by atoms with Gasteiger partial charge in [-0.15, -0.1) is 0 Å². The van der Waals surface area contributed by atoms with E-state index in [0.717, 1.165) is 27.6 Å². The smallest absolute Gasteiger partial charge is 0.251 e. The molecule has 146 valence electrons. The van der Waals surface area contributed by atoms with Crippen molar-refractivity contribution in [3.63, 3.8) is 0 Å². The summed E-state index contributed by atoms with van der Waals surface area (Å²) in [6.07, 6.45) is 1.75. The highest BCUT2D eigenvalue weighted by molar-refractivity contribution is 5.96. The van der Waals surface area contributed by atoms with Crippen LogP contribution in [0.1, 0.15) is 27.5 Å². The summed E-state index contributed by atoms with van der Waals surface area (Å²) in [5, 5.41) is 20.4. The quantitative estimate of drug-likeness (QED) is 0.480. The van der Waals surface area contributed by atoms with Gasteiger partial charge >= 0.3 is 0 Å². The molecule has 0 spiro atoms. The van der Waals surface area contributed by atoms with Gasteiger partial charge in [-0.2, -0.15) is 5.10 Å². The monoisotopic (exact) mass is 389 g/mol. The average Bonchev–Trinajstić information content (AvgIpc) is 3.19. The van der Waals surface area contributed by atoms with Crippen molar-refractivity contribution in [1.82, 2.24) is 15.5 Å². The molecule has 0 bridgehead atoms. The SMILES string of the molecule is Cc1cc(F)cc(C(CO)NC(=O)c2cccc(-c3ccc4[nH]ncc4c3)c2)c1. The van der Waals surface area contributed by atoms with Crippen LogP contribution in [0.3, 0.4) is 0 Å². The highest BCUT2D eigenvalue weighted by atomic mass is 19.1. The summed E-state index contributed by atoms with van der Waals surface area (Å²) in [5.74, 6) is -0.735. The molecule has 0 aliphatic carbocycles. The Hall–Kier alpha value is -3.51. The number of nitrogens with one attached hydrogen (secondary N) is 2. The van der Waals surface area contributed by atoms with Gasteiger partial charge in [-0.05, 0) is 65.6 Å². The highest BCUT2D eigenvalue weighted by Crippen LogP contribution is 2.25. The molecule has 3 N–H and O–H groups in total. The molecule has 0 aliphatic rings. The van der Waals surface area contributed by atoms with Gasteiger partial charge in [0.15, 0.2) is 0 Å². The average molecular weight is 389 g/mol. The molecule has 3 aromatic carbocycles. The maximum atomic E-state index is 13.7. The number of aromatic amines is 1. The molecule has 29 heavy (non-hydrogen) atoms. The zero-order valence-corrected chi connectivity index (χ0v) is 15.8. The Bertz CT molecular complexity index is 1170. The number of hydrogen-bond acceptors (Lipinski definition) is 3. The normalized spacial score (nSPS) is 12.1. The molecule has 1 heterocycles. The fourth-order valence-electron chi connectivity index (χ4n) is 3.40. The molecule has 0 saturated carbocycles. The predicted octanol–water partition coefficient (Wildman–Crippen LogP) is 4.14. The van der Waals surface area contributed by atoms with Crippen molar-refractivity contribution in [3.05, 3.63) is 89.4 Å². The summed E-state index contributed by atoms with van der Waals surface area (Å²) in [7, 11) is 0. The molecule has 4 rings (SSSR count). The van der Waals surface area contributed by atoms with Crippen LogP contribution < -0.4 is 5.32 Å². The van der Waals surface area contributed by atoms with E-state index in [0.29, 0.717) is 11.1 Å². The number of aliphatic hydroxyl groups is 1. The first kappa shape index (κ1) is 18.8. The predicted molar refractivity (Wildman–Crippen MR) is 110 cm³/mol. The number of rotatable bonds is 5. The van der Waals surface area contributed by atoms with Crippen molar-refractivity contribution >= 4 is 16.8 Å². The van der Waals surface area contributed by atoms with Crippen molar-refractivity contribution in [2.75, 3.05) is 6.61 Å². The minimum Gasteiger partial charge on any atom is -0.394 e. The van der Waals surface area contributed by atoms with Crippen molar-refractivity contribution < 1.29 is 14.3 Å². The fourth-order valence-corrected chi connectivity index (χ4v) is 3.40. The van der Waals surface area contributed by atoms with Gasteiger partial charge < -0.3 is 10.4 Å². The Morgan fingerprint density at radius 2 is 1.97 bits per heavy atom. The van der Waals surface area contributed by atoms with E-state index in [1.165, 1.54) is 12.1 Å². The van der Waals surface area contributed by atoms with Gasteiger partial charge in [0.2, 0.25) is 0 Å². The summed E-state index contributed by atoms with van der Waals surface area (Å²) < 4.78 is 13.7. The van der Waals surface area contributed by atoms with Gasteiger partial charge in [0.05, 0.1) is 24.4 Å². The van der Waals surface area contributed by atoms with Crippen LogP contribution in [0, 0.1) is 12.7 Å². The van der Waals surface area contributed by atoms with Crippen LogP contribution in [0.5, 0.6) is 0 Å². The molecule has 1 aromatic heterocycles. The number of nitrogens with zero attached hydrogens (tertiary/aromatic N) is 1. The standard InChI is InChI=1S/C23H20FN3O2/c1-14-7-18(11-20(24)8-14)22(13-28)26-23(29)17-4-2-3-15(9-17)16-5-6-21-19(10-16)12-25-27-21/h2-12,22,28H,13H2,1H3,(H,25,27)(H,26,29). The number of benzene rings is 3. The lowest BCUT2D eigenvalue weighted by molar-refractivity contribution is 0.0916. The molecular weight excluding hydrogens is 369 g/mol. The van der Waals surface area contributed by atoms with Gasteiger partial charge in [0, 0.05) is 10.9 Å².